The second kappa shape index (κ2) is 13.2. The minimum Gasteiger partial charge on any atom is -0.480 e. The van der Waals surface area contributed by atoms with Crippen molar-refractivity contribution in [3.05, 3.63) is 97.5 Å². The van der Waals surface area contributed by atoms with Crippen LogP contribution in [0.15, 0.2) is 59.5 Å². The first kappa shape index (κ1) is 31.3. The van der Waals surface area contributed by atoms with Crippen molar-refractivity contribution in [1.29, 1.82) is 0 Å². The van der Waals surface area contributed by atoms with Crippen LogP contribution in [0.2, 0.25) is 15.1 Å². The maximum absolute atomic E-state index is 13.3. The van der Waals surface area contributed by atoms with Gasteiger partial charge in [0.25, 0.3) is 5.91 Å². The van der Waals surface area contributed by atoms with E-state index in [1.165, 1.54) is 6.26 Å². The number of aliphatic carboxylic acids is 1. The number of hydrogen-bond donors (Lipinski definition) is 3. The van der Waals surface area contributed by atoms with Crippen molar-refractivity contribution >= 4 is 62.1 Å². The van der Waals surface area contributed by atoms with Crippen molar-refractivity contribution in [3.8, 4) is 0 Å². The van der Waals surface area contributed by atoms with Crippen molar-refractivity contribution in [1.82, 2.24) is 10.2 Å². The molecule has 41 heavy (non-hydrogen) atoms. The number of nitrogens with one attached hydrogen (secondary N) is 1. The Hall–Kier alpha value is -2.59. The number of rotatable bonds is 10. The summed E-state index contributed by atoms with van der Waals surface area (Å²) in [5.41, 5.74) is 3.06. The molecular weight excluding hydrogens is 607 g/mol. The van der Waals surface area contributed by atoms with E-state index in [2.05, 4.69) is 16.1 Å². The quantitative estimate of drug-likeness (QED) is 0.262. The standard InChI is InChI=1S/C30H31Cl3N2O5S/c1-41(2,40)22-8-3-5-18(13-22)14-25(30(38)39)34-29(37)27-24(32)16-20-17-35(11-9-23(20)28(27)33)12-10-26(36)19-6-4-7-21(31)15-19/h3-8,13,15-16,25-26,36H,1,9-12,14,17H2,2H3,(H,34,37)(H,38,39)/t25-,26?,41?/m0/s1. The van der Waals surface area contributed by atoms with E-state index in [1.807, 2.05) is 6.07 Å². The first-order valence-corrected chi connectivity index (χ1v) is 16.2. The minimum atomic E-state index is -2.48. The Morgan fingerprint density at radius 3 is 2.54 bits per heavy atom. The molecule has 7 nitrogen and oxygen atoms in total. The highest BCUT2D eigenvalue weighted by molar-refractivity contribution is 7.99. The third-order valence-corrected chi connectivity index (χ3v) is 9.30. The van der Waals surface area contributed by atoms with Crippen molar-refractivity contribution in [3.63, 3.8) is 0 Å². The Bertz CT molecular complexity index is 1580. The number of carboxylic acid groups (broad SMARTS) is 1. The largest absolute Gasteiger partial charge is 0.480 e. The fraction of sp³-hybridized carbons (Fsp3) is 0.300. The van der Waals surface area contributed by atoms with Crippen LogP contribution in [-0.2, 0) is 33.7 Å². The number of benzene rings is 3. The number of hydrogen-bond acceptors (Lipinski definition) is 5. The average Bonchev–Trinajstić information content (AvgIpc) is 2.90. The van der Waals surface area contributed by atoms with Crippen LogP contribution in [0.5, 0.6) is 0 Å². The van der Waals surface area contributed by atoms with Crippen molar-refractivity contribution in [2.75, 3.05) is 19.3 Å². The van der Waals surface area contributed by atoms with Gasteiger partial charge in [0.05, 0.1) is 21.7 Å². The smallest absolute Gasteiger partial charge is 0.326 e. The van der Waals surface area contributed by atoms with Crippen LogP contribution in [0.3, 0.4) is 0 Å². The summed E-state index contributed by atoms with van der Waals surface area (Å²) < 4.78 is 12.3. The van der Waals surface area contributed by atoms with Gasteiger partial charge in [-0.2, -0.15) is 0 Å². The Labute approximate surface area is 255 Å². The van der Waals surface area contributed by atoms with Crippen molar-refractivity contribution in [2.24, 2.45) is 0 Å². The third kappa shape index (κ3) is 7.83. The highest BCUT2D eigenvalue weighted by atomic mass is 35.5. The lowest BCUT2D eigenvalue weighted by Gasteiger charge is -2.31. The molecule has 0 aliphatic carbocycles. The fourth-order valence-corrected chi connectivity index (χ4v) is 6.63. The van der Waals surface area contributed by atoms with Crippen molar-refractivity contribution < 1.29 is 24.0 Å². The molecule has 218 valence electrons. The van der Waals surface area contributed by atoms with E-state index in [-0.39, 0.29) is 22.0 Å². The average molecular weight is 638 g/mol. The molecule has 0 radical (unpaired) electrons. The van der Waals surface area contributed by atoms with Crippen LogP contribution in [0, 0.1) is 0 Å². The van der Waals surface area contributed by atoms with Gasteiger partial charge < -0.3 is 15.5 Å². The zero-order valence-corrected chi connectivity index (χ0v) is 25.5. The molecule has 0 aromatic heterocycles. The van der Waals surface area contributed by atoms with Crippen LogP contribution in [0.4, 0.5) is 0 Å². The van der Waals surface area contributed by atoms with E-state index in [9.17, 15) is 24.0 Å². The zero-order valence-electron chi connectivity index (χ0n) is 22.4. The minimum absolute atomic E-state index is 0.0272. The third-order valence-electron chi connectivity index (χ3n) is 7.10. The van der Waals surface area contributed by atoms with E-state index in [0.717, 1.165) is 16.7 Å². The number of amides is 1. The molecule has 3 atom stereocenters. The number of aliphatic hydroxyl groups is 1. The number of nitrogens with zero attached hydrogens (tertiary/aromatic N) is 1. The van der Waals surface area contributed by atoms with E-state index in [4.69, 9.17) is 34.8 Å². The molecule has 2 unspecified atom stereocenters. The number of carboxylic acids is 1. The molecule has 0 saturated carbocycles. The molecule has 11 heteroatoms. The van der Waals surface area contributed by atoms with E-state index >= 15 is 0 Å². The zero-order chi connectivity index (χ0) is 29.9. The summed E-state index contributed by atoms with van der Waals surface area (Å²) in [5.74, 6) is 1.76. The van der Waals surface area contributed by atoms with Gasteiger partial charge in [-0.05, 0) is 80.8 Å². The van der Waals surface area contributed by atoms with Gasteiger partial charge in [-0.1, -0.05) is 59.1 Å². The van der Waals surface area contributed by atoms with Gasteiger partial charge >= 0.3 is 5.97 Å². The lowest BCUT2D eigenvalue weighted by Crippen LogP contribution is -2.42. The molecule has 4 rings (SSSR count). The second-order valence-corrected chi connectivity index (χ2v) is 14.0. The lowest BCUT2D eigenvalue weighted by molar-refractivity contribution is -0.139. The first-order valence-electron chi connectivity index (χ1n) is 12.9. The number of fused-ring (bicyclic) bond motifs is 1. The van der Waals surface area contributed by atoms with Gasteiger partial charge in [0.1, 0.15) is 6.04 Å². The molecule has 1 amide bonds. The highest BCUT2D eigenvalue weighted by Crippen LogP contribution is 2.35. The van der Waals surface area contributed by atoms with Crippen LogP contribution in [0.1, 0.15) is 45.1 Å². The Kier molecular flexibility index (Phi) is 10.1. The second-order valence-electron chi connectivity index (χ2n) is 10.3. The highest BCUT2D eigenvalue weighted by Gasteiger charge is 2.28. The molecule has 0 fully saturated rings. The predicted molar refractivity (Wildman–Crippen MR) is 165 cm³/mol. The monoisotopic (exact) mass is 636 g/mol. The maximum atomic E-state index is 13.3. The molecule has 3 N–H and O–H groups in total. The predicted octanol–water partition coefficient (Wildman–Crippen LogP) is 5.26. The van der Waals surface area contributed by atoms with Gasteiger partial charge in [0.15, 0.2) is 0 Å². The maximum Gasteiger partial charge on any atom is 0.326 e. The van der Waals surface area contributed by atoms with Gasteiger partial charge in [-0.15, -0.1) is 0 Å². The Balaban J connectivity index is 1.45. The van der Waals surface area contributed by atoms with E-state index in [0.29, 0.717) is 48.0 Å². The molecule has 1 heterocycles. The normalized spacial score (nSPS) is 16.3. The van der Waals surface area contributed by atoms with Gasteiger partial charge in [0.2, 0.25) is 0 Å². The molecule has 1 aliphatic rings. The van der Waals surface area contributed by atoms with Gasteiger partial charge in [-0.3, -0.25) is 13.9 Å². The summed E-state index contributed by atoms with van der Waals surface area (Å²) in [4.78, 5) is 28.0. The molecule has 0 spiro atoms. The summed E-state index contributed by atoms with van der Waals surface area (Å²) in [5, 5.41) is 23.8. The summed E-state index contributed by atoms with van der Waals surface area (Å²) in [6.07, 6.45) is 1.91. The molecule has 3 aromatic rings. The summed E-state index contributed by atoms with van der Waals surface area (Å²) in [7, 11) is -2.48. The summed E-state index contributed by atoms with van der Waals surface area (Å²) >= 11 is 19.3. The van der Waals surface area contributed by atoms with E-state index in [1.54, 1.807) is 48.5 Å². The fourth-order valence-electron chi connectivity index (χ4n) is 4.90. The summed E-state index contributed by atoms with van der Waals surface area (Å²) in [6.45, 7) is 1.84. The first-order chi connectivity index (χ1) is 19.3. The van der Waals surface area contributed by atoms with Crippen LogP contribution in [0.25, 0.3) is 0 Å². The summed E-state index contributed by atoms with van der Waals surface area (Å²) in [6, 6.07) is 14.3. The molecule has 3 aromatic carbocycles. The van der Waals surface area contributed by atoms with Crippen LogP contribution in [-0.4, -0.2) is 62.5 Å². The molecular formula is C30H31Cl3N2O5S. The number of carbonyl (C=O) groups is 2. The Morgan fingerprint density at radius 2 is 1.85 bits per heavy atom. The number of aliphatic hydroxyl groups excluding tert-OH is 1. The topological polar surface area (TPSA) is 107 Å². The molecule has 0 saturated heterocycles. The SMILES string of the molecule is C=S(C)(=O)c1cccc(C[C@H](NC(=O)c2c(Cl)cc3c(c2Cl)CCN(CCC(O)c2cccc(Cl)c2)C3)C(=O)O)c1. The van der Waals surface area contributed by atoms with Gasteiger partial charge in [-0.25, -0.2) is 4.79 Å². The molecule has 0 bridgehead atoms. The van der Waals surface area contributed by atoms with Gasteiger partial charge in [0, 0.05) is 42.2 Å². The number of halogens is 3. The Morgan fingerprint density at radius 1 is 1.12 bits per heavy atom. The van der Waals surface area contributed by atoms with Crippen LogP contribution >= 0.6 is 34.8 Å². The van der Waals surface area contributed by atoms with E-state index < -0.39 is 33.5 Å². The van der Waals surface area contributed by atoms with Crippen molar-refractivity contribution in [2.45, 2.75) is 42.8 Å². The lowest BCUT2D eigenvalue weighted by atomic mass is 9.95. The molecule has 1 aliphatic heterocycles. The number of carbonyl (C=O) groups excluding carboxylic acids is 1. The van der Waals surface area contributed by atoms with Crippen LogP contribution < -0.4 is 5.32 Å².